The predicted octanol–water partition coefficient (Wildman–Crippen LogP) is 4.77. The van der Waals surface area contributed by atoms with E-state index in [1.165, 1.54) is 18.4 Å². The van der Waals surface area contributed by atoms with Crippen LogP contribution in [0.25, 0.3) is 0 Å². The fourth-order valence-corrected chi connectivity index (χ4v) is 3.20. The van der Waals surface area contributed by atoms with Gasteiger partial charge in [0.2, 0.25) is 0 Å². The van der Waals surface area contributed by atoms with E-state index in [1.54, 1.807) is 12.1 Å². The van der Waals surface area contributed by atoms with Crippen molar-refractivity contribution in [2.45, 2.75) is 37.4 Å². The molecule has 2 aromatic rings. The van der Waals surface area contributed by atoms with Crippen LogP contribution < -0.4 is 4.74 Å². The molecule has 1 unspecified atom stereocenters. The van der Waals surface area contributed by atoms with E-state index in [-0.39, 0.29) is 6.10 Å². The van der Waals surface area contributed by atoms with Gasteiger partial charge in [0.1, 0.15) is 11.9 Å². The second-order valence-electron chi connectivity index (χ2n) is 5.98. The Balaban J connectivity index is 1.60. The molecule has 0 amide bonds. The summed E-state index contributed by atoms with van der Waals surface area (Å²) < 4.78 is 6.04. The van der Waals surface area contributed by atoms with Gasteiger partial charge in [-0.3, -0.25) is 0 Å². The summed E-state index contributed by atoms with van der Waals surface area (Å²) in [6.45, 7) is 0. The van der Waals surface area contributed by atoms with Gasteiger partial charge in [-0.1, -0.05) is 35.9 Å². The summed E-state index contributed by atoms with van der Waals surface area (Å²) in [5.74, 6) is 1.49. The SMILES string of the molecule is O[C@@H]1CC(c2ccc(C3CC3)cc2)Oc2ccc(Cl)cc21. The summed E-state index contributed by atoms with van der Waals surface area (Å²) in [7, 11) is 0. The van der Waals surface area contributed by atoms with Gasteiger partial charge in [-0.25, -0.2) is 0 Å². The molecular weight excluding hydrogens is 284 g/mol. The Morgan fingerprint density at radius 2 is 1.71 bits per heavy atom. The number of hydrogen-bond donors (Lipinski definition) is 1. The third-order valence-electron chi connectivity index (χ3n) is 4.39. The zero-order chi connectivity index (χ0) is 14.4. The van der Waals surface area contributed by atoms with Crippen molar-refractivity contribution < 1.29 is 9.84 Å². The molecule has 1 heterocycles. The largest absolute Gasteiger partial charge is 0.485 e. The highest BCUT2D eigenvalue weighted by Gasteiger charge is 2.29. The van der Waals surface area contributed by atoms with Crippen molar-refractivity contribution in [1.82, 2.24) is 0 Å². The van der Waals surface area contributed by atoms with Gasteiger partial charge in [-0.2, -0.15) is 0 Å². The highest BCUT2D eigenvalue weighted by molar-refractivity contribution is 6.30. The molecule has 2 aromatic carbocycles. The Kier molecular flexibility index (Phi) is 3.16. The van der Waals surface area contributed by atoms with Crippen LogP contribution in [0.4, 0.5) is 0 Å². The minimum Gasteiger partial charge on any atom is -0.485 e. The lowest BCUT2D eigenvalue weighted by atomic mass is 9.94. The van der Waals surface area contributed by atoms with Gasteiger partial charge in [0.05, 0.1) is 6.10 Å². The normalized spacial score (nSPS) is 24.3. The van der Waals surface area contributed by atoms with E-state index in [9.17, 15) is 5.11 Å². The number of fused-ring (bicyclic) bond motifs is 1. The van der Waals surface area contributed by atoms with E-state index < -0.39 is 6.10 Å². The molecule has 0 bridgehead atoms. The molecule has 1 aliphatic carbocycles. The first-order valence-corrected chi connectivity index (χ1v) is 7.82. The van der Waals surface area contributed by atoms with Crippen LogP contribution in [0, 0.1) is 0 Å². The van der Waals surface area contributed by atoms with E-state index in [2.05, 4.69) is 24.3 Å². The summed E-state index contributed by atoms with van der Waals surface area (Å²) >= 11 is 5.98. The molecule has 2 aliphatic rings. The minimum absolute atomic E-state index is 0.0954. The predicted molar refractivity (Wildman–Crippen MR) is 82.8 cm³/mol. The molecule has 0 saturated heterocycles. The second kappa shape index (κ2) is 5.04. The van der Waals surface area contributed by atoms with E-state index >= 15 is 0 Å². The Hall–Kier alpha value is -1.51. The van der Waals surface area contributed by atoms with Gasteiger partial charge in [0, 0.05) is 17.0 Å². The maximum Gasteiger partial charge on any atom is 0.127 e. The van der Waals surface area contributed by atoms with Gasteiger partial charge in [0.15, 0.2) is 0 Å². The second-order valence-corrected chi connectivity index (χ2v) is 6.42. The van der Waals surface area contributed by atoms with Crippen molar-refractivity contribution >= 4 is 11.6 Å². The molecule has 0 radical (unpaired) electrons. The smallest absolute Gasteiger partial charge is 0.127 e. The van der Waals surface area contributed by atoms with E-state index in [4.69, 9.17) is 16.3 Å². The van der Waals surface area contributed by atoms with Gasteiger partial charge < -0.3 is 9.84 Å². The fraction of sp³-hybridized carbons (Fsp3) is 0.333. The van der Waals surface area contributed by atoms with E-state index in [1.807, 2.05) is 6.07 Å². The molecule has 1 aliphatic heterocycles. The molecule has 2 atom stereocenters. The number of aliphatic hydroxyl groups is 1. The number of ether oxygens (including phenoxy) is 1. The fourth-order valence-electron chi connectivity index (χ4n) is 3.02. The number of hydrogen-bond acceptors (Lipinski definition) is 2. The van der Waals surface area contributed by atoms with Gasteiger partial charge in [-0.15, -0.1) is 0 Å². The molecule has 108 valence electrons. The Morgan fingerprint density at radius 3 is 2.43 bits per heavy atom. The van der Waals surface area contributed by atoms with Crippen molar-refractivity contribution in [3.8, 4) is 5.75 Å². The highest BCUT2D eigenvalue weighted by Crippen LogP contribution is 2.43. The lowest BCUT2D eigenvalue weighted by Gasteiger charge is -2.30. The molecule has 0 aromatic heterocycles. The monoisotopic (exact) mass is 300 g/mol. The first kappa shape index (κ1) is 13.2. The van der Waals surface area contributed by atoms with Gasteiger partial charge in [-0.05, 0) is 48.1 Å². The quantitative estimate of drug-likeness (QED) is 0.865. The average molecular weight is 301 g/mol. The summed E-state index contributed by atoms with van der Waals surface area (Å²) in [6.07, 6.45) is 2.57. The Morgan fingerprint density at radius 1 is 1.00 bits per heavy atom. The Bertz CT molecular complexity index is 661. The Labute approximate surface area is 129 Å². The third-order valence-corrected chi connectivity index (χ3v) is 4.63. The lowest BCUT2D eigenvalue weighted by Crippen LogP contribution is -2.19. The van der Waals surface area contributed by atoms with Crippen LogP contribution in [0.15, 0.2) is 42.5 Å². The van der Waals surface area contributed by atoms with Crippen molar-refractivity contribution in [2.24, 2.45) is 0 Å². The molecule has 3 heteroatoms. The highest BCUT2D eigenvalue weighted by atomic mass is 35.5. The number of rotatable bonds is 2. The standard InChI is InChI=1S/C18H17ClO2/c19-14-7-8-17-15(9-14)16(20)10-18(21-17)13-5-3-12(4-6-13)11-1-2-11/h3-9,11,16,18,20H,1-2,10H2/t16-,18?/m1/s1. The van der Waals surface area contributed by atoms with Crippen molar-refractivity contribution in [1.29, 1.82) is 0 Å². The van der Waals surface area contributed by atoms with Crippen LogP contribution in [-0.4, -0.2) is 5.11 Å². The lowest BCUT2D eigenvalue weighted by molar-refractivity contribution is 0.0657. The molecular formula is C18H17ClO2. The van der Waals surface area contributed by atoms with Gasteiger partial charge >= 0.3 is 0 Å². The minimum atomic E-state index is -0.527. The maximum atomic E-state index is 10.3. The van der Waals surface area contributed by atoms with E-state index in [0.29, 0.717) is 11.4 Å². The molecule has 1 fully saturated rings. The van der Waals surface area contributed by atoms with Crippen LogP contribution in [0.2, 0.25) is 5.02 Å². The molecule has 1 N–H and O–H groups in total. The van der Waals surface area contributed by atoms with Crippen molar-refractivity contribution in [3.05, 3.63) is 64.2 Å². The molecule has 4 rings (SSSR count). The first-order chi connectivity index (χ1) is 10.2. The van der Waals surface area contributed by atoms with Crippen LogP contribution >= 0.6 is 11.6 Å². The maximum absolute atomic E-state index is 10.3. The summed E-state index contributed by atoms with van der Waals surface area (Å²) in [4.78, 5) is 0. The van der Waals surface area contributed by atoms with Crippen LogP contribution in [0.3, 0.4) is 0 Å². The number of halogens is 1. The van der Waals surface area contributed by atoms with Crippen LogP contribution in [0.5, 0.6) is 5.75 Å². The summed E-state index contributed by atoms with van der Waals surface area (Å²) in [5.41, 5.74) is 3.33. The van der Waals surface area contributed by atoms with Gasteiger partial charge in [0.25, 0.3) is 0 Å². The van der Waals surface area contributed by atoms with E-state index in [0.717, 1.165) is 22.8 Å². The van der Waals surface area contributed by atoms with Crippen LogP contribution in [0.1, 0.15) is 54.1 Å². The number of aliphatic hydroxyl groups excluding tert-OH is 1. The first-order valence-electron chi connectivity index (χ1n) is 7.45. The van der Waals surface area contributed by atoms with Crippen molar-refractivity contribution in [3.63, 3.8) is 0 Å². The molecule has 1 saturated carbocycles. The number of benzene rings is 2. The molecule has 2 nitrogen and oxygen atoms in total. The van der Waals surface area contributed by atoms with Crippen molar-refractivity contribution in [2.75, 3.05) is 0 Å². The summed E-state index contributed by atoms with van der Waals surface area (Å²) in [5, 5.41) is 11.0. The topological polar surface area (TPSA) is 29.5 Å². The third kappa shape index (κ3) is 2.54. The zero-order valence-corrected chi connectivity index (χ0v) is 12.4. The summed E-state index contributed by atoms with van der Waals surface area (Å²) in [6, 6.07) is 14.1. The molecule has 0 spiro atoms. The average Bonchev–Trinajstić information content (AvgIpc) is 3.33. The molecule has 21 heavy (non-hydrogen) atoms. The van der Waals surface area contributed by atoms with Crippen LogP contribution in [-0.2, 0) is 0 Å². The zero-order valence-electron chi connectivity index (χ0n) is 11.6.